The van der Waals surface area contributed by atoms with Crippen LogP contribution in [0.4, 0.5) is 8.78 Å². The Balaban J connectivity index is 0.00000176. The van der Waals surface area contributed by atoms with Crippen molar-refractivity contribution >= 4 is 35.3 Å². The molecule has 3 rings (SSSR count). The number of thiophene rings is 1. The lowest BCUT2D eigenvalue weighted by Crippen LogP contribution is -2.45. The van der Waals surface area contributed by atoms with Crippen molar-refractivity contribution in [3.05, 3.63) is 56.7 Å². The lowest BCUT2D eigenvalue weighted by molar-refractivity contribution is 0.194. The van der Waals surface area contributed by atoms with Crippen LogP contribution in [0.3, 0.4) is 0 Å². The summed E-state index contributed by atoms with van der Waals surface area (Å²) < 4.78 is 29.1. The van der Waals surface area contributed by atoms with Crippen LogP contribution in [0.1, 0.15) is 16.5 Å². The van der Waals surface area contributed by atoms with Crippen molar-refractivity contribution in [3.8, 4) is 0 Å². The average Bonchev–Trinajstić information content (AvgIpc) is 2.90. The van der Waals surface area contributed by atoms with Crippen LogP contribution in [0.5, 0.6) is 0 Å². The Labute approximate surface area is 143 Å². The molecule has 2 aromatic rings. The summed E-state index contributed by atoms with van der Waals surface area (Å²) in [6, 6.07) is 7.21. The Hall–Kier alpha value is -0.720. The first-order valence-corrected chi connectivity index (χ1v) is 8.00. The Kier molecular flexibility index (Phi) is 6.17. The Morgan fingerprint density at radius 1 is 1.09 bits per heavy atom. The third-order valence-corrected chi connectivity index (χ3v) is 4.94. The van der Waals surface area contributed by atoms with E-state index in [-0.39, 0.29) is 18.0 Å². The van der Waals surface area contributed by atoms with Gasteiger partial charge >= 0.3 is 0 Å². The molecule has 1 N–H and O–H groups in total. The number of nitrogens with one attached hydrogen (secondary N) is 1. The Bertz CT molecular complexity index is 610. The highest BCUT2D eigenvalue weighted by Gasteiger charge is 2.29. The van der Waals surface area contributed by atoms with Crippen molar-refractivity contribution in [2.75, 3.05) is 26.2 Å². The van der Waals surface area contributed by atoms with E-state index in [1.165, 1.54) is 29.5 Å². The molecule has 1 atom stereocenters. The monoisotopic (exact) mass is 364 g/mol. The fourth-order valence-corrected chi connectivity index (χ4v) is 3.90. The smallest absolute Gasteiger partial charge is 0.131 e. The average molecular weight is 365 g/mol. The molecule has 2 heterocycles. The topological polar surface area (TPSA) is 15.3 Å². The molecule has 0 bridgehead atoms. The highest BCUT2D eigenvalue weighted by atomic mass is 35.5. The minimum atomic E-state index is -0.511. The zero-order valence-electron chi connectivity index (χ0n) is 11.7. The summed E-state index contributed by atoms with van der Waals surface area (Å²) in [7, 11) is 0. The van der Waals surface area contributed by atoms with Crippen LogP contribution in [0.25, 0.3) is 0 Å². The molecule has 1 aliphatic rings. The summed E-state index contributed by atoms with van der Waals surface area (Å²) >= 11 is 7.38. The standard InChI is InChI=1S/C15H15ClF2N2S.ClH/c16-13-5-4-12(21-13)15(20-8-6-19-7-9-20)14-10(17)2-1-3-11(14)18;/h1-5,15,19H,6-9H2;1H/t15-;/m1./s1. The lowest BCUT2D eigenvalue weighted by Gasteiger charge is -2.35. The van der Waals surface area contributed by atoms with Crippen LogP contribution in [0, 0.1) is 11.6 Å². The van der Waals surface area contributed by atoms with Gasteiger partial charge in [-0.25, -0.2) is 8.78 Å². The molecule has 0 radical (unpaired) electrons. The van der Waals surface area contributed by atoms with Crippen LogP contribution in [0.2, 0.25) is 4.34 Å². The molecule has 1 aromatic carbocycles. The summed E-state index contributed by atoms with van der Waals surface area (Å²) in [4.78, 5) is 2.96. The van der Waals surface area contributed by atoms with Gasteiger partial charge in [0, 0.05) is 36.6 Å². The summed E-state index contributed by atoms with van der Waals surface area (Å²) in [6.45, 7) is 3.11. The maximum absolute atomic E-state index is 14.2. The Morgan fingerprint density at radius 3 is 2.27 bits per heavy atom. The minimum absolute atomic E-state index is 0. The van der Waals surface area contributed by atoms with E-state index in [4.69, 9.17) is 11.6 Å². The molecule has 0 spiro atoms. The molecular formula is C15H16Cl2F2N2S. The van der Waals surface area contributed by atoms with Gasteiger partial charge in [0.2, 0.25) is 0 Å². The Morgan fingerprint density at radius 2 is 1.73 bits per heavy atom. The van der Waals surface area contributed by atoms with Crippen molar-refractivity contribution < 1.29 is 8.78 Å². The molecular weight excluding hydrogens is 349 g/mol. The first kappa shape index (κ1) is 17.6. The number of benzene rings is 1. The van der Waals surface area contributed by atoms with Gasteiger partial charge in [-0.15, -0.1) is 23.7 Å². The van der Waals surface area contributed by atoms with E-state index >= 15 is 0 Å². The first-order valence-electron chi connectivity index (χ1n) is 6.81. The summed E-state index contributed by atoms with van der Waals surface area (Å²) in [5, 5.41) is 3.26. The van der Waals surface area contributed by atoms with Gasteiger partial charge in [-0.1, -0.05) is 17.7 Å². The molecule has 1 saturated heterocycles. The van der Waals surface area contributed by atoms with Gasteiger partial charge in [-0.05, 0) is 24.3 Å². The second kappa shape index (κ2) is 7.70. The highest BCUT2D eigenvalue weighted by molar-refractivity contribution is 7.16. The fourth-order valence-electron chi connectivity index (χ4n) is 2.69. The van der Waals surface area contributed by atoms with Crippen molar-refractivity contribution in [2.45, 2.75) is 6.04 Å². The molecule has 1 fully saturated rings. The summed E-state index contributed by atoms with van der Waals surface area (Å²) in [5.74, 6) is -1.02. The van der Waals surface area contributed by atoms with Crippen LogP contribution in [0.15, 0.2) is 30.3 Å². The van der Waals surface area contributed by atoms with Crippen LogP contribution < -0.4 is 5.32 Å². The third kappa shape index (κ3) is 3.60. The van der Waals surface area contributed by atoms with Gasteiger partial charge in [-0.2, -0.15) is 0 Å². The molecule has 0 saturated carbocycles. The third-order valence-electron chi connectivity index (χ3n) is 3.65. The second-order valence-electron chi connectivity index (χ2n) is 4.97. The van der Waals surface area contributed by atoms with E-state index in [9.17, 15) is 8.78 Å². The largest absolute Gasteiger partial charge is 0.314 e. The number of hydrogen-bond acceptors (Lipinski definition) is 3. The number of piperazine rings is 1. The van der Waals surface area contributed by atoms with Gasteiger partial charge in [0.1, 0.15) is 11.6 Å². The SMILES string of the molecule is Cl.Fc1cccc(F)c1[C@@H](c1ccc(Cl)s1)N1CCNCC1. The summed E-state index contributed by atoms with van der Waals surface area (Å²) in [5.41, 5.74) is 0.109. The summed E-state index contributed by atoms with van der Waals surface area (Å²) in [6.07, 6.45) is 0. The molecule has 0 unspecified atom stereocenters. The number of rotatable bonds is 3. The number of nitrogens with zero attached hydrogens (tertiary/aromatic N) is 1. The zero-order chi connectivity index (χ0) is 14.8. The van der Waals surface area contributed by atoms with Gasteiger partial charge < -0.3 is 5.32 Å². The first-order chi connectivity index (χ1) is 10.2. The predicted molar refractivity (Wildman–Crippen MR) is 89.2 cm³/mol. The minimum Gasteiger partial charge on any atom is -0.314 e. The van der Waals surface area contributed by atoms with Crippen LogP contribution in [-0.2, 0) is 0 Å². The predicted octanol–water partition coefficient (Wildman–Crippen LogP) is 4.10. The van der Waals surface area contributed by atoms with Crippen molar-refractivity contribution in [3.63, 3.8) is 0 Å². The van der Waals surface area contributed by atoms with Gasteiger partial charge in [-0.3, -0.25) is 4.90 Å². The quantitative estimate of drug-likeness (QED) is 0.881. The van der Waals surface area contributed by atoms with Gasteiger partial charge in [0.25, 0.3) is 0 Å². The molecule has 7 heteroatoms. The molecule has 120 valence electrons. The van der Waals surface area contributed by atoms with E-state index in [1.807, 2.05) is 6.07 Å². The van der Waals surface area contributed by atoms with Crippen molar-refractivity contribution in [2.24, 2.45) is 0 Å². The normalized spacial score (nSPS) is 17.0. The second-order valence-corrected chi connectivity index (χ2v) is 6.71. The van der Waals surface area contributed by atoms with Crippen molar-refractivity contribution in [1.29, 1.82) is 0 Å². The lowest BCUT2D eigenvalue weighted by atomic mass is 10.0. The molecule has 22 heavy (non-hydrogen) atoms. The van der Waals surface area contributed by atoms with Crippen LogP contribution >= 0.6 is 35.3 Å². The van der Waals surface area contributed by atoms with E-state index < -0.39 is 17.7 Å². The van der Waals surface area contributed by atoms with Gasteiger partial charge in [0.05, 0.1) is 10.4 Å². The van der Waals surface area contributed by atoms with Crippen LogP contribution in [-0.4, -0.2) is 31.1 Å². The molecule has 0 amide bonds. The number of hydrogen-bond donors (Lipinski definition) is 1. The van der Waals surface area contributed by atoms with Gasteiger partial charge in [0.15, 0.2) is 0 Å². The fraction of sp³-hybridized carbons (Fsp3) is 0.333. The maximum Gasteiger partial charge on any atom is 0.131 e. The molecule has 1 aliphatic heterocycles. The van der Waals surface area contributed by atoms with Crippen molar-refractivity contribution in [1.82, 2.24) is 10.2 Å². The molecule has 2 nitrogen and oxygen atoms in total. The van der Waals surface area contributed by atoms with E-state index in [2.05, 4.69) is 10.2 Å². The zero-order valence-corrected chi connectivity index (χ0v) is 14.1. The van der Waals surface area contributed by atoms with E-state index in [0.29, 0.717) is 4.34 Å². The highest BCUT2D eigenvalue weighted by Crippen LogP contribution is 2.37. The molecule has 0 aliphatic carbocycles. The number of halogens is 4. The van der Waals surface area contributed by atoms with E-state index in [1.54, 1.807) is 6.07 Å². The van der Waals surface area contributed by atoms with E-state index in [0.717, 1.165) is 31.1 Å². The maximum atomic E-state index is 14.2. The molecule has 1 aromatic heterocycles.